The van der Waals surface area contributed by atoms with Gasteiger partial charge >= 0.3 is 5.97 Å². The fourth-order valence-corrected chi connectivity index (χ4v) is 4.22. The summed E-state index contributed by atoms with van der Waals surface area (Å²) in [4.78, 5) is 12.1. The molecule has 5 heteroatoms. The summed E-state index contributed by atoms with van der Waals surface area (Å²) in [6.45, 7) is 12.6. The lowest BCUT2D eigenvalue weighted by atomic mass is 9.59. The molecule has 1 aromatic rings. The first-order chi connectivity index (χ1) is 12.6. The predicted molar refractivity (Wildman–Crippen MR) is 107 cm³/mol. The molecule has 0 radical (unpaired) electrons. The van der Waals surface area contributed by atoms with Gasteiger partial charge in [-0.2, -0.15) is 0 Å². The highest BCUT2D eigenvalue weighted by Crippen LogP contribution is 2.49. The number of carboxylic acids is 1. The van der Waals surface area contributed by atoms with Gasteiger partial charge in [0.25, 0.3) is 0 Å². The highest BCUT2D eigenvalue weighted by Gasteiger charge is 2.48. The number of phenolic OH excluding ortho intramolecular Hbond substituents is 1. The second-order valence-electron chi connectivity index (χ2n) is 8.36. The number of fused-ring (bicyclic) bond motifs is 4. The normalized spacial score (nSPS) is 27.6. The fourth-order valence-electron chi connectivity index (χ4n) is 4.22. The first-order valence-corrected chi connectivity index (χ1v) is 9.67. The van der Waals surface area contributed by atoms with E-state index in [4.69, 9.17) is 10.2 Å². The Morgan fingerprint density at radius 3 is 2.59 bits per heavy atom. The maximum Gasteiger partial charge on any atom is 0.332 e. The van der Waals surface area contributed by atoms with E-state index in [1.807, 2.05) is 12.1 Å². The van der Waals surface area contributed by atoms with E-state index in [0.717, 1.165) is 19.5 Å². The number of phenols is 1. The summed E-state index contributed by atoms with van der Waals surface area (Å²) >= 11 is 0. The van der Waals surface area contributed by atoms with E-state index in [0.29, 0.717) is 17.7 Å². The minimum atomic E-state index is -1.23. The van der Waals surface area contributed by atoms with E-state index in [2.05, 4.69) is 44.7 Å². The van der Waals surface area contributed by atoms with Gasteiger partial charge in [0, 0.05) is 12.6 Å². The lowest BCUT2D eigenvalue weighted by Crippen LogP contribution is -2.57. The predicted octanol–water partition coefficient (Wildman–Crippen LogP) is 3.33. The molecule has 0 amide bonds. The summed E-state index contributed by atoms with van der Waals surface area (Å²) in [5, 5.41) is 25.6. The molecule has 150 valence electrons. The number of nitrogens with zero attached hydrogens (tertiary/aromatic N) is 1. The Kier molecular flexibility index (Phi) is 6.71. The van der Waals surface area contributed by atoms with Crippen molar-refractivity contribution < 1.29 is 20.1 Å². The Labute approximate surface area is 162 Å². The van der Waals surface area contributed by atoms with Crippen LogP contribution in [0.25, 0.3) is 0 Å². The molecule has 1 saturated heterocycles. The SMILES string of the molecule is CC(C)=CCN1CC[C@]2(C)c3cc(O)ccc3C[C@H]1C2C.CC(O)C(=O)O. The summed E-state index contributed by atoms with van der Waals surface area (Å²) in [6, 6.07) is 6.60. The van der Waals surface area contributed by atoms with Crippen molar-refractivity contribution in [2.75, 3.05) is 13.1 Å². The van der Waals surface area contributed by atoms with Crippen LogP contribution in [-0.4, -0.2) is 51.4 Å². The number of benzene rings is 1. The van der Waals surface area contributed by atoms with Crippen LogP contribution in [0.3, 0.4) is 0 Å². The van der Waals surface area contributed by atoms with Crippen molar-refractivity contribution in [3.8, 4) is 5.75 Å². The number of carboxylic acid groups (broad SMARTS) is 1. The topological polar surface area (TPSA) is 81.0 Å². The van der Waals surface area contributed by atoms with Crippen LogP contribution in [0.1, 0.15) is 52.2 Å². The minimum Gasteiger partial charge on any atom is -0.508 e. The van der Waals surface area contributed by atoms with Crippen molar-refractivity contribution in [1.82, 2.24) is 4.90 Å². The average Bonchev–Trinajstić information content (AvgIpc) is 2.58. The Balaban J connectivity index is 0.000000380. The van der Waals surface area contributed by atoms with Crippen molar-refractivity contribution in [3.05, 3.63) is 41.0 Å². The van der Waals surface area contributed by atoms with Gasteiger partial charge in [-0.25, -0.2) is 4.79 Å². The third-order valence-electron chi connectivity index (χ3n) is 6.20. The van der Waals surface area contributed by atoms with Crippen LogP contribution in [0.4, 0.5) is 0 Å². The molecule has 3 N–H and O–H groups in total. The van der Waals surface area contributed by atoms with Gasteiger partial charge in [-0.05, 0) is 74.8 Å². The molecule has 0 saturated carbocycles. The number of hydrogen-bond donors (Lipinski definition) is 3. The standard InChI is InChI=1S/C19H27NO.C3H6O3/c1-13(2)7-9-20-10-8-19(4)14(3)18(20)11-15-5-6-16(21)12-17(15)19;1-2(4)3(5)6/h5-7,12,14,18,21H,8-11H2,1-4H3;2,4H,1H3,(H,5,6)/t14?,18-,19-;/m0./s1. The summed E-state index contributed by atoms with van der Waals surface area (Å²) in [5.74, 6) is -0.145. The Hall–Kier alpha value is -1.85. The minimum absolute atomic E-state index is 0.207. The van der Waals surface area contributed by atoms with E-state index in [1.54, 1.807) is 0 Å². The van der Waals surface area contributed by atoms with Crippen LogP contribution >= 0.6 is 0 Å². The largest absolute Gasteiger partial charge is 0.508 e. The van der Waals surface area contributed by atoms with Gasteiger partial charge in [0.1, 0.15) is 11.9 Å². The number of allylic oxidation sites excluding steroid dienone is 1. The monoisotopic (exact) mass is 375 g/mol. The van der Waals surface area contributed by atoms with E-state index < -0.39 is 12.1 Å². The zero-order chi connectivity index (χ0) is 20.4. The summed E-state index contributed by atoms with van der Waals surface area (Å²) in [6.07, 6.45) is 3.41. The summed E-state index contributed by atoms with van der Waals surface area (Å²) in [7, 11) is 0. The molecular formula is C22H33NO4. The number of likely N-dealkylation sites (tertiary alicyclic amines) is 1. The number of carbonyl (C=O) groups is 1. The maximum atomic E-state index is 9.87. The maximum absolute atomic E-state index is 9.87. The molecule has 4 atom stereocenters. The van der Waals surface area contributed by atoms with Crippen LogP contribution in [0.15, 0.2) is 29.8 Å². The number of piperidine rings is 1. The van der Waals surface area contributed by atoms with Crippen LogP contribution in [0.2, 0.25) is 0 Å². The lowest BCUT2D eigenvalue weighted by Gasteiger charge is -2.54. The van der Waals surface area contributed by atoms with Crippen LogP contribution in [0.5, 0.6) is 5.75 Å². The number of aliphatic hydroxyl groups excluding tert-OH is 1. The van der Waals surface area contributed by atoms with Crippen molar-refractivity contribution in [1.29, 1.82) is 0 Å². The average molecular weight is 376 g/mol. The van der Waals surface area contributed by atoms with Crippen molar-refractivity contribution in [2.24, 2.45) is 5.92 Å². The second kappa shape index (κ2) is 8.44. The first kappa shape index (κ1) is 21.5. The molecule has 0 aromatic heterocycles. The number of aliphatic hydroxyl groups is 1. The smallest absolute Gasteiger partial charge is 0.332 e. The molecule has 2 aliphatic rings. The summed E-state index contributed by atoms with van der Waals surface area (Å²) in [5.41, 5.74) is 4.42. The fraction of sp³-hybridized carbons (Fsp3) is 0.591. The molecular weight excluding hydrogens is 342 g/mol. The molecule has 2 unspecified atom stereocenters. The first-order valence-electron chi connectivity index (χ1n) is 9.67. The second-order valence-corrected chi connectivity index (χ2v) is 8.36. The van der Waals surface area contributed by atoms with E-state index in [-0.39, 0.29) is 5.41 Å². The van der Waals surface area contributed by atoms with Crippen molar-refractivity contribution in [3.63, 3.8) is 0 Å². The number of rotatable bonds is 3. The molecule has 1 aliphatic heterocycles. The van der Waals surface area contributed by atoms with E-state index in [1.165, 1.54) is 30.0 Å². The van der Waals surface area contributed by atoms with Crippen molar-refractivity contribution >= 4 is 5.97 Å². The van der Waals surface area contributed by atoms with Crippen LogP contribution in [0, 0.1) is 5.92 Å². The highest BCUT2D eigenvalue weighted by atomic mass is 16.4. The molecule has 27 heavy (non-hydrogen) atoms. The molecule has 2 bridgehead atoms. The quantitative estimate of drug-likeness (QED) is 0.706. The van der Waals surface area contributed by atoms with Gasteiger partial charge in [0.15, 0.2) is 0 Å². The van der Waals surface area contributed by atoms with E-state index >= 15 is 0 Å². The molecule has 1 heterocycles. The van der Waals surface area contributed by atoms with Gasteiger partial charge < -0.3 is 15.3 Å². The number of hydrogen-bond acceptors (Lipinski definition) is 4. The molecule has 1 aromatic carbocycles. The number of aromatic hydroxyl groups is 1. The van der Waals surface area contributed by atoms with E-state index in [9.17, 15) is 9.90 Å². The van der Waals surface area contributed by atoms with Gasteiger partial charge in [0.05, 0.1) is 0 Å². The Morgan fingerprint density at radius 1 is 1.41 bits per heavy atom. The molecule has 1 aliphatic carbocycles. The molecule has 0 spiro atoms. The van der Waals surface area contributed by atoms with Gasteiger partial charge in [-0.3, -0.25) is 4.90 Å². The third-order valence-corrected chi connectivity index (χ3v) is 6.20. The highest BCUT2D eigenvalue weighted by molar-refractivity contribution is 5.71. The zero-order valence-electron chi connectivity index (χ0n) is 17.1. The molecule has 5 nitrogen and oxygen atoms in total. The van der Waals surface area contributed by atoms with Crippen molar-refractivity contribution in [2.45, 2.75) is 65.0 Å². The van der Waals surface area contributed by atoms with Gasteiger partial charge in [0.2, 0.25) is 0 Å². The third kappa shape index (κ3) is 4.71. The van der Waals surface area contributed by atoms with Crippen LogP contribution < -0.4 is 0 Å². The lowest BCUT2D eigenvalue weighted by molar-refractivity contribution is -0.145. The van der Waals surface area contributed by atoms with Gasteiger partial charge in [-0.1, -0.05) is 31.6 Å². The van der Waals surface area contributed by atoms with Gasteiger partial charge in [-0.15, -0.1) is 0 Å². The molecule has 1 fully saturated rings. The van der Waals surface area contributed by atoms with Crippen LogP contribution in [-0.2, 0) is 16.6 Å². The number of aliphatic carboxylic acids is 1. The Morgan fingerprint density at radius 2 is 2.04 bits per heavy atom. The molecule has 3 rings (SSSR count). The Bertz CT molecular complexity index is 708. The summed E-state index contributed by atoms with van der Waals surface area (Å²) < 4.78 is 0. The zero-order valence-corrected chi connectivity index (χ0v) is 17.1.